The molecule has 8 heteroatoms. The van der Waals surface area contributed by atoms with Gasteiger partial charge in [0.05, 0.1) is 23.7 Å². The monoisotopic (exact) mass is 381 g/mol. The highest BCUT2D eigenvalue weighted by Crippen LogP contribution is 2.42. The number of nitro benzene ring substituents is 1. The Bertz CT molecular complexity index is 1270. The van der Waals surface area contributed by atoms with Crippen molar-refractivity contribution in [1.29, 1.82) is 0 Å². The molecule has 4 rings (SSSR count). The van der Waals surface area contributed by atoms with E-state index in [1.165, 1.54) is 31.6 Å². The standard InChI is InChI=1S/C20H15NO7/c1-11-8-15(22)16-17(25-2)14-6-7-26-18(14)20(19(16)28-11)27-10-12-4-3-5-13(9-12)21(23)24/h3-9H,10H2,1-2H3. The van der Waals surface area contributed by atoms with Gasteiger partial charge in [-0.1, -0.05) is 12.1 Å². The molecular weight excluding hydrogens is 366 g/mol. The number of methoxy groups -OCH3 is 1. The van der Waals surface area contributed by atoms with Crippen molar-refractivity contribution in [2.24, 2.45) is 0 Å². The Balaban J connectivity index is 1.88. The predicted molar refractivity (Wildman–Crippen MR) is 101 cm³/mol. The zero-order valence-corrected chi connectivity index (χ0v) is 15.1. The molecule has 0 atom stereocenters. The van der Waals surface area contributed by atoms with Gasteiger partial charge in [0, 0.05) is 18.2 Å². The van der Waals surface area contributed by atoms with Gasteiger partial charge in [0.1, 0.15) is 23.5 Å². The number of furan rings is 1. The predicted octanol–water partition coefficient (Wildman–Crippen LogP) is 4.34. The van der Waals surface area contributed by atoms with Gasteiger partial charge in [-0.05, 0) is 18.6 Å². The van der Waals surface area contributed by atoms with Gasteiger partial charge in [0.2, 0.25) is 5.75 Å². The topological polar surface area (TPSA) is 105 Å². The summed E-state index contributed by atoms with van der Waals surface area (Å²) in [5.41, 5.74) is 0.858. The van der Waals surface area contributed by atoms with Gasteiger partial charge in [-0.3, -0.25) is 14.9 Å². The lowest BCUT2D eigenvalue weighted by Crippen LogP contribution is -2.05. The molecule has 28 heavy (non-hydrogen) atoms. The summed E-state index contributed by atoms with van der Waals surface area (Å²) < 4.78 is 22.7. The van der Waals surface area contributed by atoms with Crippen LogP contribution in [0, 0.1) is 17.0 Å². The molecule has 4 aromatic rings. The molecule has 2 aromatic heterocycles. The molecule has 0 amide bonds. The Morgan fingerprint density at radius 3 is 2.71 bits per heavy atom. The van der Waals surface area contributed by atoms with Crippen molar-refractivity contribution in [2.75, 3.05) is 7.11 Å². The zero-order chi connectivity index (χ0) is 19.8. The first-order chi connectivity index (χ1) is 13.5. The second kappa shape index (κ2) is 6.73. The van der Waals surface area contributed by atoms with Crippen LogP contribution in [0.4, 0.5) is 5.69 Å². The van der Waals surface area contributed by atoms with E-state index in [1.54, 1.807) is 25.1 Å². The van der Waals surface area contributed by atoms with Crippen molar-refractivity contribution in [2.45, 2.75) is 13.5 Å². The lowest BCUT2D eigenvalue weighted by atomic mass is 10.1. The van der Waals surface area contributed by atoms with Crippen LogP contribution in [0.3, 0.4) is 0 Å². The van der Waals surface area contributed by atoms with Crippen LogP contribution in [0.5, 0.6) is 11.5 Å². The first-order valence-electron chi connectivity index (χ1n) is 8.37. The van der Waals surface area contributed by atoms with Crippen LogP contribution < -0.4 is 14.9 Å². The van der Waals surface area contributed by atoms with Crippen LogP contribution in [0.2, 0.25) is 0 Å². The summed E-state index contributed by atoms with van der Waals surface area (Å²) in [4.78, 5) is 23.1. The maximum absolute atomic E-state index is 12.6. The number of ether oxygens (including phenoxy) is 2. The fourth-order valence-electron chi connectivity index (χ4n) is 3.15. The van der Waals surface area contributed by atoms with Crippen LogP contribution >= 0.6 is 0 Å². The molecule has 0 radical (unpaired) electrons. The molecule has 0 spiro atoms. The first kappa shape index (κ1) is 17.6. The van der Waals surface area contributed by atoms with E-state index in [4.69, 9.17) is 18.3 Å². The van der Waals surface area contributed by atoms with E-state index in [-0.39, 0.29) is 34.4 Å². The van der Waals surface area contributed by atoms with Gasteiger partial charge in [-0.25, -0.2) is 0 Å². The number of benzene rings is 2. The van der Waals surface area contributed by atoms with Gasteiger partial charge < -0.3 is 18.3 Å². The summed E-state index contributed by atoms with van der Waals surface area (Å²) in [5, 5.41) is 11.8. The third-order valence-corrected chi connectivity index (χ3v) is 4.33. The van der Waals surface area contributed by atoms with E-state index in [9.17, 15) is 14.9 Å². The normalized spacial score (nSPS) is 11.1. The molecule has 8 nitrogen and oxygen atoms in total. The minimum absolute atomic E-state index is 0.0244. The van der Waals surface area contributed by atoms with Crippen molar-refractivity contribution in [1.82, 2.24) is 0 Å². The Labute approximate surface area is 158 Å². The number of rotatable bonds is 5. The van der Waals surface area contributed by atoms with Crippen LogP contribution in [0.15, 0.2) is 56.3 Å². The van der Waals surface area contributed by atoms with Gasteiger partial charge >= 0.3 is 0 Å². The molecule has 2 heterocycles. The number of non-ortho nitro benzene ring substituents is 1. The number of hydrogen-bond acceptors (Lipinski definition) is 7. The molecule has 0 saturated heterocycles. The van der Waals surface area contributed by atoms with Crippen molar-refractivity contribution in [3.8, 4) is 11.5 Å². The van der Waals surface area contributed by atoms with Gasteiger partial charge in [0.25, 0.3) is 5.69 Å². The van der Waals surface area contributed by atoms with Crippen LogP contribution in [0.25, 0.3) is 21.9 Å². The maximum Gasteiger partial charge on any atom is 0.269 e. The van der Waals surface area contributed by atoms with Crippen molar-refractivity contribution >= 4 is 27.6 Å². The van der Waals surface area contributed by atoms with E-state index in [0.29, 0.717) is 28.0 Å². The molecule has 142 valence electrons. The van der Waals surface area contributed by atoms with E-state index in [0.717, 1.165) is 0 Å². The summed E-state index contributed by atoms with van der Waals surface area (Å²) >= 11 is 0. The molecule has 0 fully saturated rings. The van der Waals surface area contributed by atoms with Gasteiger partial charge in [0.15, 0.2) is 16.6 Å². The maximum atomic E-state index is 12.6. The minimum atomic E-state index is -0.473. The average molecular weight is 381 g/mol. The number of hydrogen-bond donors (Lipinski definition) is 0. The van der Waals surface area contributed by atoms with E-state index >= 15 is 0 Å². The number of nitro groups is 1. The first-order valence-corrected chi connectivity index (χ1v) is 8.37. The Hall–Kier alpha value is -3.81. The molecule has 0 N–H and O–H groups in total. The fourth-order valence-corrected chi connectivity index (χ4v) is 3.15. The Morgan fingerprint density at radius 1 is 1.14 bits per heavy atom. The largest absolute Gasteiger partial charge is 0.495 e. The van der Waals surface area contributed by atoms with Gasteiger partial charge in [-0.2, -0.15) is 0 Å². The minimum Gasteiger partial charge on any atom is -0.495 e. The Kier molecular flexibility index (Phi) is 4.23. The SMILES string of the molecule is COc1c2ccoc2c(OCc2cccc([N+](=O)[O-])c2)c2oc(C)cc(=O)c12. The summed E-state index contributed by atoms with van der Waals surface area (Å²) in [5.74, 6) is 0.990. The van der Waals surface area contributed by atoms with Crippen LogP contribution in [0.1, 0.15) is 11.3 Å². The number of fused-ring (bicyclic) bond motifs is 2. The molecule has 0 bridgehead atoms. The highest BCUT2D eigenvalue weighted by Gasteiger charge is 2.23. The molecule has 0 unspecified atom stereocenters. The highest BCUT2D eigenvalue weighted by atomic mass is 16.6. The lowest BCUT2D eigenvalue weighted by molar-refractivity contribution is -0.384. The summed E-state index contributed by atoms with van der Waals surface area (Å²) in [6, 6.07) is 9.16. The molecule has 0 saturated carbocycles. The van der Waals surface area contributed by atoms with Crippen molar-refractivity contribution < 1.29 is 23.2 Å². The molecular formula is C20H15NO7. The van der Waals surface area contributed by atoms with Crippen molar-refractivity contribution in [3.63, 3.8) is 0 Å². The molecule has 0 aliphatic heterocycles. The highest BCUT2D eigenvalue weighted by molar-refractivity contribution is 6.06. The van der Waals surface area contributed by atoms with Gasteiger partial charge in [-0.15, -0.1) is 0 Å². The van der Waals surface area contributed by atoms with E-state index in [1.807, 2.05) is 0 Å². The Morgan fingerprint density at radius 2 is 1.96 bits per heavy atom. The second-order valence-corrected chi connectivity index (χ2v) is 6.17. The summed E-state index contributed by atoms with van der Waals surface area (Å²) in [6.45, 7) is 1.68. The third kappa shape index (κ3) is 2.84. The summed E-state index contributed by atoms with van der Waals surface area (Å²) in [6.07, 6.45) is 1.46. The van der Waals surface area contributed by atoms with Crippen molar-refractivity contribution in [3.05, 3.63) is 74.3 Å². The smallest absolute Gasteiger partial charge is 0.269 e. The molecule has 0 aliphatic carbocycles. The summed E-state index contributed by atoms with van der Waals surface area (Å²) in [7, 11) is 1.46. The molecule has 2 aromatic carbocycles. The second-order valence-electron chi connectivity index (χ2n) is 6.17. The molecule has 0 aliphatic rings. The average Bonchev–Trinajstić information content (AvgIpc) is 3.15. The van der Waals surface area contributed by atoms with Crippen LogP contribution in [-0.2, 0) is 6.61 Å². The van der Waals surface area contributed by atoms with E-state index in [2.05, 4.69) is 0 Å². The van der Waals surface area contributed by atoms with Crippen LogP contribution in [-0.4, -0.2) is 12.0 Å². The lowest BCUT2D eigenvalue weighted by Gasteiger charge is -2.12. The zero-order valence-electron chi connectivity index (χ0n) is 15.1. The van der Waals surface area contributed by atoms with E-state index < -0.39 is 4.92 Å². The quantitative estimate of drug-likeness (QED) is 0.374. The fraction of sp³-hybridized carbons (Fsp3) is 0.150. The number of nitrogens with zero attached hydrogens (tertiary/aromatic N) is 1. The number of aryl methyl sites for hydroxylation is 1. The third-order valence-electron chi connectivity index (χ3n) is 4.33.